The van der Waals surface area contributed by atoms with Crippen LogP contribution in [-0.4, -0.2) is 38.9 Å². The van der Waals surface area contributed by atoms with Gasteiger partial charge in [-0.15, -0.1) is 0 Å². The van der Waals surface area contributed by atoms with Crippen molar-refractivity contribution in [3.8, 4) is 0 Å². The van der Waals surface area contributed by atoms with Crippen molar-refractivity contribution in [3.63, 3.8) is 0 Å². The summed E-state index contributed by atoms with van der Waals surface area (Å²) >= 11 is 0. The molecule has 0 unspecified atom stereocenters. The van der Waals surface area contributed by atoms with Gasteiger partial charge in [-0.2, -0.15) is 0 Å². The molecule has 0 fully saturated rings. The van der Waals surface area contributed by atoms with Crippen LogP contribution >= 0.6 is 0 Å². The molecule has 2 aromatic heterocycles. The number of H-pyrrole nitrogens is 1. The van der Waals surface area contributed by atoms with Gasteiger partial charge >= 0.3 is 0 Å². The van der Waals surface area contributed by atoms with Crippen LogP contribution in [0.1, 0.15) is 36.1 Å². The molecule has 0 atom stereocenters. The summed E-state index contributed by atoms with van der Waals surface area (Å²) < 4.78 is 0. The van der Waals surface area contributed by atoms with Gasteiger partial charge in [0.25, 0.3) is 5.91 Å². The maximum atomic E-state index is 12.0. The molecule has 0 aliphatic heterocycles. The summed E-state index contributed by atoms with van der Waals surface area (Å²) in [4.78, 5) is 27.4. The summed E-state index contributed by atoms with van der Waals surface area (Å²) in [6.45, 7) is 3.45. The molecule has 0 aliphatic rings. The maximum absolute atomic E-state index is 12.0. The molecule has 0 saturated carbocycles. The van der Waals surface area contributed by atoms with Gasteiger partial charge in [-0.25, -0.2) is 9.97 Å². The van der Waals surface area contributed by atoms with Gasteiger partial charge in [0.05, 0.1) is 12.4 Å². The first-order valence-electron chi connectivity index (χ1n) is 7.12. The van der Waals surface area contributed by atoms with Crippen LogP contribution in [0.25, 0.3) is 0 Å². The zero-order valence-corrected chi connectivity index (χ0v) is 12.1. The lowest BCUT2D eigenvalue weighted by Gasteiger charge is -2.06. The first-order chi connectivity index (χ1) is 10.3. The van der Waals surface area contributed by atoms with Crippen molar-refractivity contribution in [3.05, 3.63) is 36.3 Å². The van der Waals surface area contributed by atoms with E-state index in [1.807, 2.05) is 0 Å². The molecule has 7 heteroatoms. The van der Waals surface area contributed by atoms with E-state index in [4.69, 9.17) is 0 Å². The van der Waals surface area contributed by atoms with Gasteiger partial charge < -0.3 is 15.6 Å². The molecule has 1 amide bonds. The Bertz CT molecular complexity index is 554. The van der Waals surface area contributed by atoms with Gasteiger partial charge in [-0.05, 0) is 12.8 Å². The molecule has 0 aromatic carbocycles. The van der Waals surface area contributed by atoms with Gasteiger partial charge in [0.1, 0.15) is 17.3 Å². The van der Waals surface area contributed by atoms with E-state index in [2.05, 4.69) is 37.5 Å². The van der Waals surface area contributed by atoms with Gasteiger partial charge in [0.15, 0.2) is 0 Å². The number of hydrogen-bond acceptors (Lipinski definition) is 5. The largest absolute Gasteiger partial charge is 0.369 e. The first-order valence-corrected chi connectivity index (χ1v) is 7.12. The molecule has 0 saturated heterocycles. The topological polar surface area (TPSA) is 95.6 Å². The first kappa shape index (κ1) is 15.0. The number of carbonyl (C=O) groups is 1. The number of nitrogens with zero attached hydrogens (tertiary/aromatic N) is 3. The van der Waals surface area contributed by atoms with Crippen molar-refractivity contribution in [2.24, 2.45) is 0 Å². The third kappa shape index (κ3) is 4.87. The molecule has 2 rings (SSSR count). The van der Waals surface area contributed by atoms with Gasteiger partial charge in [-0.3, -0.25) is 9.78 Å². The number of aromatic amines is 1. The Labute approximate surface area is 123 Å². The normalized spacial score (nSPS) is 10.3. The number of imidazole rings is 1. The van der Waals surface area contributed by atoms with Crippen molar-refractivity contribution in [2.75, 3.05) is 18.4 Å². The number of aryl methyl sites for hydroxylation is 1. The molecule has 21 heavy (non-hydrogen) atoms. The van der Waals surface area contributed by atoms with Crippen LogP contribution in [0, 0.1) is 0 Å². The van der Waals surface area contributed by atoms with Crippen molar-refractivity contribution >= 4 is 11.7 Å². The van der Waals surface area contributed by atoms with Crippen LogP contribution in [0.2, 0.25) is 0 Å². The Kier molecular flexibility index (Phi) is 5.69. The summed E-state index contributed by atoms with van der Waals surface area (Å²) in [6, 6.07) is 0. The average Bonchev–Trinajstić information content (AvgIpc) is 3.03. The molecule has 3 N–H and O–H groups in total. The number of rotatable bonds is 8. The van der Waals surface area contributed by atoms with Crippen LogP contribution in [0.5, 0.6) is 0 Å². The molecule has 7 nitrogen and oxygen atoms in total. The van der Waals surface area contributed by atoms with Crippen molar-refractivity contribution in [1.29, 1.82) is 0 Å². The van der Waals surface area contributed by atoms with E-state index in [1.165, 1.54) is 6.20 Å². The fraction of sp³-hybridized carbons (Fsp3) is 0.429. The number of hydrogen-bond donors (Lipinski definition) is 3. The highest BCUT2D eigenvalue weighted by Gasteiger charge is 2.08. The Morgan fingerprint density at radius 2 is 2.24 bits per heavy atom. The third-order valence-corrected chi connectivity index (χ3v) is 2.85. The van der Waals surface area contributed by atoms with Crippen molar-refractivity contribution in [1.82, 2.24) is 25.3 Å². The maximum Gasteiger partial charge on any atom is 0.271 e. The predicted molar refractivity (Wildman–Crippen MR) is 80.1 cm³/mol. The van der Waals surface area contributed by atoms with E-state index in [9.17, 15) is 4.79 Å². The standard InChI is InChI=1S/C14H20N6O/c1-2-5-16-13-10-15-9-11(20-13)14(21)19-6-3-4-12-17-7-8-18-12/h7-10H,2-6H2,1H3,(H,16,20)(H,17,18)(H,19,21). The van der Waals surface area contributed by atoms with Gasteiger partial charge in [0, 0.05) is 31.9 Å². The average molecular weight is 288 g/mol. The second-order valence-electron chi connectivity index (χ2n) is 4.61. The van der Waals surface area contributed by atoms with Crippen LogP contribution in [0.4, 0.5) is 5.82 Å². The van der Waals surface area contributed by atoms with Crippen LogP contribution in [0.3, 0.4) is 0 Å². The fourth-order valence-corrected chi connectivity index (χ4v) is 1.80. The number of carbonyl (C=O) groups excluding carboxylic acids is 1. The van der Waals surface area contributed by atoms with Crippen LogP contribution in [0.15, 0.2) is 24.8 Å². The minimum atomic E-state index is -0.206. The number of aromatic nitrogens is 4. The second kappa shape index (κ2) is 7.98. The summed E-state index contributed by atoms with van der Waals surface area (Å²) in [7, 11) is 0. The molecule has 0 aliphatic carbocycles. The quantitative estimate of drug-likeness (QED) is 0.638. The monoisotopic (exact) mass is 288 g/mol. The summed E-state index contributed by atoms with van der Waals surface area (Å²) in [5, 5.41) is 5.94. The Hall–Kier alpha value is -2.44. The van der Waals surface area contributed by atoms with E-state index in [0.29, 0.717) is 18.1 Å². The van der Waals surface area contributed by atoms with E-state index >= 15 is 0 Å². The zero-order chi connectivity index (χ0) is 14.9. The van der Waals surface area contributed by atoms with Crippen LogP contribution in [-0.2, 0) is 6.42 Å². The Morgan fingerprint density at radius 3 is 3.00 bits per heavy atom. The highest BCUT2D eigenvalue weighted by Crippen LogP contribution is 2.02. The summed E-state index contributed by atoms with van der Waals surface area (Å²) in [6.07, 6.45) is 9.21. The van der Waals surface area contributed by atoms with Crippen molar-refractivity contribution in [2.45, 2.75) is 26.2 Å². The molecule has 0 radical (unpaired) electrons. The molecular formula is C14H20N6O. The van der Waals surface area contributed by atoms with E-state index in [0.717, 1.165) is 31.6 Å². The highest BCUT2D eigenvalue weighted by molar-refractivity contribution is 5.92. The molecular weight excluding hydrogens is 268 g/mol. The lowest BCUT2D eigenvalue weighted by Crippen LogP contribution is -2.26. The number of anilines is 1. The Balaban J connectivity index is 1.77. The lowest BCUT2D eigenvalue weighted by atomic mass is 10.3. The van der Waals surface area contributed by atoms with E-state index in [1.54, 1.807) is 18.6 Å². The minimum absolute atomic E-state index is 0.206. The molecule has 0 spiro atoms. The SMILES string of the molecule is CCCNc1cncc(C(=O)NCCCc2ncc[nH]2)n1. The van der Waals surface area contributed by atoms with Gasteiger partial charge in [0.2, 0.25) is 0 Å². The van der Waals surface area contributed by atoms with Crippen LogP contribution < -0.4 is 10.6 Å². The molecule has 2 heterocycles. The minimum Gasteiger partial charge on any atom is -0.369 e. The summed E-state index contributed by atoms with van der Waals surface area (Å²) in [5.41, 5.74) is 0.328. The summed E-state index contributed by atoms with van der Waals surface area (Å²) in [5.74, 6) is 1.34. The molecule has 112 valence electrons. The highest BCUT2D eigenvalue weighted by atomic mass is 16.1. The molecule has 2 aromatic rings. The lowest BCUT2D eigenvalue weighted by molar-refractivity contribution is 0.0948. The van der Waals surface area contributed by atoms with Gasteiger partial charge in [-0.1, -0.05) is 6.92 Å². The predicted octanol–water partition coefficient (Wildman–Crippen LogP) is 1.38. The number of nitrogens with one attached hydrogen (secondary N) is 3. The van der Waals surface area contributed by atoms with E-state index < -0.39 is 0 Å². The van der Waals surface area contributed by atoms with E-state index in [-0.39, 0.29) is 5.91 Å². The van der Waals surface area contributed by atoms with Crippen molar-refractivity contribution < 1.29 is 4.79 Å². The number of amides is 1. The smallest absolute Gasteiger partial charge is 0.271 e. The Morgan fingerprint density at radius 1 is 1.33 bits per heavy atom. The fourth-order valence-electron chi connectivity index (χ4n) is 1.80. The second-order valence-corrected chi connectivity index (χ2v) is 4.61. The molecule has 0 bridgehead atoms. The zero-order valence-electron chi connectivity index (χ0n) is 12.1. The third-order valence-electron chi connectivity index (χ3n) is 2.85.